The molecule has 0 saturated heterocycles. The van der Waals surface area contributed by atoms with Gasteiger partial charge in [0.2, 0.25) is 11.8 Å². The lowest BCUT2D eigenvalue weighted by Gasteiger charge is -2.17. The van der Waals surface area contributed by atoms with Gasteiger partial charge < -0.3 is 21.5 Å². The average Bonchev–Trinajstić information content (AvgIpc) is 2.70. The number of rotatable bonds is 9. The lowest BCUT2D eigenvalue weighted by molar-refractivity contribution is -0.192. The molecule has 1 rings (SSSR count). The van der Waals surface area contributed by atoms with Crippen LogP contribution < -0.4 is 16.4 Å². The van der Waals surface area contributed by atoms with Gasteiger partial charge in [-0.05, 0) is 38.7 Å². The zero-order chi connectivity index (χ0) is 24.0. The quantitative estimate of drug-likeness (QED) is 0.435. The topological polar surface area (TPSA) is 122 Å². The minimum absolute atomic E-state index is 0.128. The fraction of sp³-hybridized carbons (Fsp3) is 0.476. The summed E-state index contributed by atoms with van der Waals surface area (Å²) in [5.41, 5.74) is 6.81. The van der Waals surface area contributed by atoms with E-state index in [1.807, 2.05) is 44.2 Å². The summed E-state index contributed by atoms with van der Waals surface area (Å²) in [6.07, 6.45) is 0.528. The van der Waals surface area contributed by atoms with Crippen LogP contribution in [0.1, 0.15) is 39.2 Å². The van der Waals surface area contributed by atoms with Gasteiger partial charge in [0.05, 0.1) is 6.04 Å². The molecule has 1 aromatic carbocycles. The molecular weight excluding hydrogens is 415 g/mol. The van der Waals surface area contributed by atoms with Crippen molar-refractivity contribution in [3.05, 3.63) is 48.0 Å². The first-order chi connectivity index (χ1) is 14.4. The van der Waals surface area contributed by atoms with Crippen molar-refractivity contribution in [3.63, 3.8) is 0 Å². The number of carbonyl (C=O) groups is 3. The molecule has 2 amide bonds. The molecule has 0 saturated carbocycles. The van der Waals surface area contributed by atoms with Gasteiger partial charge in [0, 0.05) is 18.2 Å². The number of carboxylic acids is 1. The second kappa shape index (κ2) is 14.2. The summed E-state index contributed by atoms with van der Waals surface area (Å²) in [7, 11) is 0. The Kier molecular flexibility index (Phi) is 12.9. The number of benzene rings is 1. The molecule has 5 N–H and O–H groups in total. The standard InChI is InChI=1S/C19H29N3O2.C2HF3O2/c1-4-14(2)21-18(23)13-12-17(22-19(24)15(3)20)11-10-16-8-6-5-7-9-16;3-2(4,5)1(6)7/h5-9,12-15,17H,4,10-11,20H2,1-3H3,(H,21,23)(H,22,24);(H,6,7)/b13-12+;/t14?,15-,17-;/m0./s1. The first-order valence-electron chi connectivity index (χ1n) is 9.75. The van der Waals surface area contributed by atoms with Gasteiger partial charge in [-0.1, -0.05) is 43.3 Å². The molecule has 7 nitrogen and oxygen atoms in total. The van der Waals surface area contributed by atoms with Gasteiger partial charge in [0.25, 0.3) is 0 Å². The zero-order valence-corrected chi connectivity index (χ0v) is 17.8. The van der Waals surface area contributed by atoms with Crippen LogP contribution in [0.5, 0.6) is 0 Å². The molecule has 10 heteroatoms. The highest BCUT2D eigenvalue weighted by Crippen LogP contribution is 2.13. The number of nitrogens with one attached hydrogen (secondary N) is 2. The van der Waals surface area contributed by atoms with Crippen molar-refractivity contribution in [1.29, 1.82) is 0 Å². The van der Waals surface area contributed by atoms with Crippen LogP contribution in [0, 0.1) is 0 Å². The number of hydrogen-bond donors (Lipinski definition) is 4. The first kappa shape index (κ1) is 28.1. The molecule has 0 heterocycles. The Morgan fingerprint density at radius 3 is 2.13 bits per heavy atom. The molecule has 0 aliphatic heterocycles. The van der Waals surface area contributed by atoms with Crippen molar-refractivity contribution in [3.8, 4) is 0 Å². The maximum Gasteiger partial charge on any atom is 0.490 e. The number of carbonyl (C=O) groups excluding carboxylic acids is 2. The number of aliphatic carboxylic acids is 1. The van der Waals surface area contributed by atoms with Crippen molar-refractivity contribution >= 4 is 17.8 Å². The van der Waals surface area contributed by atoms with E-state index >= 15 is 0 Å². The Morgan fingerprint density at radius 2 is 1.68 bits per heavy atom. The largest absolute Gasteiger partial charge is 0.490 e. The van der Waals surface area contributed by atoms with E-state index in [9.17, 15) is 22.8 Å². The summed E-state index contributed by atoms with van der Waals surface area (Å²) in [6.45, 7) is 5.61. The van der Waals surface area contributed by atoms with Crippen molar-refractivity contribution in [2.75, 3.05) is 0 Å². The van der Waals surface area contributed by atoms with Crippen LogP contribution in [0.2, 0.25) is 0 Å². The normalized spacial score (nSPS) is 14.0. The second-order valence-corrected chi connectivity index (χ2v) is 6.91. The molecule has 1 aromatic rings. The summed E-state index contributed by atoms with van der Waals surface area (Å²) in [5, 5.41) is 12.9. The van der Waals surface area contributed by atoms with Crippen LogP contribution in [0.4, 0.5) is 13.2 Å². The number of halogens is 3. The SMILES string of the molecule is CCC(C)NC(=O)/C=C/[C@H](CCc1ccccc1)NC(=O)[C@H](C)N.O=C(O)C(F)(F)F. The predicted molar refractivity (Wildman–Crippen MR) is 111 cm³/mol. The summed E-state index contributed by atoms with van der Waals surface area (Å²) in [4.78, 5) is 32.6. The maximum absolute atomic E-state index is 11.9. The van der Waals surface area contributed by atoms with Gasteiger partial charge in [-0.2, -0.15) is 13.2 Å². The third-order valence-corrected chi connectivity index (χ3v) is 4.05. The highest BCUT2D eigenvalue weighted by atomic mass is 19.4. The monoisotopic (exact) mass is 445 g/mol. The number of aryl methyl sites for hydroxylation is 1. The van der Waals surface area contributed by atoms with Crippen molar-refractivity contribution in [2.45, 2.75) is 64.3 Å². The van der Waals surface area contributed by atoms with E-state index in [4.69, 9.17) is 15.6 Å². The van der Waals surface area contributed by atoms with Gasteiger partial charge in [-0.15, -0.1) is 0 Å². The van der Waals surface area contributed by atoms with Crippen molar-refractivity contribution < 1.29 is 32.7 Å². The highest BCUT2D eigenvalue weighted by Gasteiger charge is 2.38. The number of amides is 2. The van der Waals surface area contributed by atoms with Crippen LogP contribution in [-0.2, 0) is 20.8 Å². The molecule has 0 fully saturated rings. The third-order valence-electron chi connectivity index (χ3n) is 4.05. The van der Waals surface area contributed by atoms with Gasteiger partial charge in [-0.25, -0.2) is 4.79 Å². The molecule has 3 atom stereocenters. The Bertz CT molecular complexity index is 722. The Hall–Kier alpha value is -2.88. The molecule has 0 aromatic heterocycles. The van der Waals surface area contributed by atoms with Crippen LogP contribution in [-0.4, -0.2) is 47.2 Å². The lowest BCUT2D eigenvalue weighted by Crippen LogP contribution is -2.43. The third kappa shape index (κ3) is 13.9. The molecule has 31 heavy (non-hydrogen) atoms. The van der Waals surface area contributed by atoms with Crippen molar-refractivity contribution in [1.82, 2.24) is 10.6 Å². The maximum atomic E-state index is 11.9. The first-order valence-corrected chi connectivity index (χ1v) is 9.75. The van der Waals surface area contributed by atoms with Crippen molar-refractivity contribution in [2.24, 2.45) is 5.73 Å². The van der Waals surface area contributed by atoms with Crippen LogP contribution in [0.15, 0.2) is 42.5 Å². The Balaban J connectivity index is 0.00000110. The molecule has 174 valence electrons. The van der Waals surface area contributed by atoms with Crippen LogP contribution in [0.3, 0.4) is 0 Å². The summed E-state index contributed by atoms with van der Waals surface area (Å²) >= 11 is 0. The predicted octanol–water partition coefficient (Wildman–Crippen LogP) is 2.56. The van der Waals surface area contributed by atoms with E-state index in [-0.39, 0.29) is 23.9 Å². The van der Waals surface area contributed by atoms with Crippen LogP contribution in [0.25, 0.3) is 0 Å². The fourth-order valence-electron chi connectivity index (χ4n) is 2.09. The second-order valence-electron chi connectivity index (χ2n) is 6.91. The number of carboxylic acid groups (broad SMARTS) is 1. The van der Waals surface area contributed by atoms with E-state index in [2.05, 4.69) is 10.6 Å². The van der Waals surface area contributed by atoms with E-state index in [0.29, 0.717) is 6.42 Å². The van der Waals surface area contributed by atoms with E-state index in [0.717, 1.165) is 12.8 Å². The molecule has 1 unspecified atom stereocenters. The molecule has 0 radical (unpaired) electrons. The smallest absolute Gasteiger partial charge is 0.475 e. The molecule has 0 aliphatic carbocycles. The summed E-state index contributed by atoms with van der Waals surface area (Å²) in [5.74, 6) is -3.13. The average molecular weight is 445 g/mol. The van der Waals surface area contributed by atoms with Gasteiger partial charge in [0.15, 0.2) is 0 Å². The van der Waals surface area contributed by atoms with Gasteiger partial charge in [-0.3, -0.25) is 9.59 Å². The molecule has 0 spiro atoms. The lowest BCUT2D eigenvalue weighted by atomic mass is 10.0. The highest BCUT2D eigenvalue weighted by molar-refractivity contribution is 5.88. The molecule has 0 bridgehead atoms. The minimum Gasteiger partial charge on any atom is -0.475 e. The fourth-order valence-corrected chi connectivity index (χ4v) is 2.09. The zero-order valence-electron chi connectivity index (χ0n) is 17.8. The number of alkyl halides is 3. The molecule has 0 aliphatic rings. The summed E-state index contributed by atoms with van der Waals surface area (Å²) < 4.78 is 31.7. The van der Waals surface area contributed by atoms with Gasteiger partial charge in [0.1, 0.15) is 0 Å². The van der Waals surface area contributed by atoms with Crippen LogP contribution >= 0.6 is 0 Å². The Labute approximate surface area is 179 Å². The van der Waals surface area contributed by atoms with E-state index in [1.165, 1.54) is 11.6 Å². The van der Waals surface area contributed by atoms with E-state index < -0.39 is 18.2 Å². The van der Waals surface area contributed by atoms with E-state index in [1.54, 1.807) is 13.0 Å². The summed E-state index contributed by atoms with van der Waals surface area (Å²) in [6, 6.07) is 9.35. The minimum atomic E-state index is -5.08. The van der Waals surface area contributed by atoms with Gasteiger partial charge >= 0.3 is 12.1 Å². The Morgan fingerprint density at radius 1 is 1.13 bits per heavy atom. The number of hydrogen-bond acceptors (Lipinski definition) is 4. The number of nitrogens with two attached hydrogens (primary N) is 1. The molecular formula is C21H30F3N3O4.